The fourth-order valence-electron chi connectivity index (χ4n) is 2.47. The molecule has 0 saturated carbocycles. The first-order chi connectivity index (χ1) is 13.4. The van der Waals surface area contributed by atoms with Gasteiger partial charge in [0.15, 0.2) is 17.3 Å². The Bertz CT molecular complexity index is 1100. The Hall–Kier alpha value is -3.75. The van der Waals surface area contributed by atoms with Gasteiger partial charge in [-0.05, 0) is 30.3 Å². The van der Waals surface area contributed by atoms with Gasteiger partial charge in [0.25, 0.3) is 5.91 Å². The van der Waals surface area contributed by atoms with E-state index in [1.165, 1.54) is 50.6 Å². The lowest BCUT2D eigenvalue weighted by Crippen LogP contribution is -2.26. The number of ether oxygens (including phenoxy) is 2. The van der Waals surface area contributed by atoms with Crippen molar-refractivity contribution in [1.29, 1.82) is 0 Å². The van der Waals surface area contributed by atoms with Crippen LogP contribution >= 0.6 is 0 Å². The number of nitrogens with one attached hydrogen (secondary N) is 1. The molecule has 2 aromatic carbocycles. The molecule has 3 aromatic rings. The zero-order valence-electron chi connectivity index (χ0n) is 14.9. The van der Waals surface area contributed by atoms with E-state index < -0.39 is 28.7 Å². The van der Waals surface area contributed by atoms with Crippen LogP contribution in [-0.4, -0.2) is 29.9 Å². The lowest BCUT2D eigenvalue weighted by molar-refractivity contribution is 0.101. The predicted molar refractivity (Wildman–Crippen MR) is 97.2 cm³/mol. The molecule has 0 saturated heterocycles. The van der Waals surface area contributed by atoms with Gasteiger partial charge in [0.05, 0.1) is 26.0 Å². The third-order valence-corrected chi connectivity index (χ3v) is 3.78. The summed E-state index contributed by atoms with van der Waals surface area (Å²) in [7, 11) is 2.62. The van der Waals surface area contributed by atoms with E-state index in [1.807, 2.05) is 0 Å². The van der Waals surface area contributed by atoms with Gasteiger partial charge >= 0.3 is 0 Å². The Kier molecular flexibility index (Phi) is 5.35. The minimum absolute atomic E-state index is 0.00836. The van der Waals surface area contributed by atoms with Crippen molar-refractivity contribution in [1.82, 2.24) is 9.78 Å². The van der Waals surface area contributed by atoms with E-state index in [0.717, 1.165) is 16.8 Å². The number of hydrogen-bond acceptors (Lipinski definition) is 5. The second-order valence-corrected chi connectivity index (χ2v) is 5.59. The number of aromatic nitrogens is 2. The van der Waals surface area contributed by atoms with E-state index in [4.69, 9.17) is 9.47 Å². The number of amides is 1. The molecule has 0 aliphatic rings. The van der Waals surface area contributed by atoms with Gasteiger partial charge in [0.1, 0.15) is 5.82 Å². The number of anilines is 1. The number of methoxy groups -OCH3 is 2. The van der Waals surface area contributed by atoms with E-state index in [0.29, 0.717) is 0 Å². The van der Waals surface area contributed by atoms with Crippen LogP contribution in [0.2, 0.25) is 0 Å². The van der Waals surface area contributed by atoms with Crippen molar-refractivity contribution in [2.75, 3.05) is 19.5 Å². The fourth-order valence-corrected chi connectivity index (χ4v) is 2.47. The Balaban J connectivity index is 1.99. The second kappa shape index (κ2) is 7.87. The van der Waals surface area contributed by atoms with Crippen LogP contribution in [0, 0.1) is 11.6 Å². The standard InChI is InChI=1S/C19H15F2N3O4/c1-27-16-7-6-12(9-14(16)21)22-19(26)18-15(25)10-17(28-2)24(23-18)13-5-3-4-11(20)8-13/h3-10H,1-2H3,(H,22,26). The molecule has 0 fully saturated rings. The molecule has 0 aliphatic carbocycles. The Morgan fingerprint density at radius 1 is 1.07 bits per heavy atom. The molecule has 0 unspecified atom stereocenters. The fraction of sp³-hybridized carbons (Fsp3) is 0.105. The first-order valence-electron chi connectivity index (χ1n) is 8.02. The summed E-state index contributed by atoms with van der Waals surface area (Å²) in [5, 5.41) is 6.38. The highest BCUT2D eigenvalue weighted by atomic mass is 19.1. The van der Waals surface area contributed by atoms with Crippen molar-refractivity contribution >= 4 is 11.6 Å². The SMILES string of the molecule is COc1ccc(NC(=O)c2nn(-c3cccc(F)c3)c(OC)cc2=O)cc1F. The molecule has 7 nitrogen and oxygen atoms in total. The van der Waals surface area contributed by atoms with Crippen LogP contribution in [0.5, 0.6) is 11.6 Å². The Morgan fingerprint density at radius 3 is 2.50 bits per heavy atom. The lowest BCUT2D eigenvalue weighted by atomic mass is 10.2. The summed E-state index contributed by atoms with van der Waals surface area (Å²) in [6.07, 6.45) is 0. The minimum Gasteiger partial charge on any atom is -0.494 e. The number of nitrogens with zero attached hydrogens (tertiary/aromatic N) is 2. The van der Waals surface area contributed by atoms with Crippen LogP contribution in [-0.2, 0) is 0 Å². The molecule has 3 rings (SSSR count). The van der Waals surface area contributed by atoms with Crippen molar-refractivity contribution in [3.63, 3.8) is 0 Å². The molecule has 0 aliphatic heterocycles. The van der Waals surface area contributed by atoms with Crippen LogP contribution < -0.4 is 20.2 Å². The number of halogens is 2. The molecule has 1 heterocycles. The number of carbonyl (C=O) groups excluding carboxylic acids is 1. The van der Waals surface area contributed by atoms with Gasteiger partial charge in [0, 0.05) is 11.8 Å². The lowest BCUT2D eigenvalue weighted by Gasteiger charge is -2.13. The molecule has 0 spiro atoms. The predicted octanol–water partition coefficient (Wildman–Crippen LogP) is 2.78. The molecule has 28 heavy (non-hydrogen) atoms. The highest BCUT2D eigenvalue weighted by Crippen LogP contribution is 2.21. The molecule has 0 atom stereocenters. The monoisotopic (exact) mass is 387 g/mol. The zero-order valence-corrected chi connectivity index (χ0v) is 14.9. The second-order valence-electron chi connectivity index (χ2n) is 5.59. The number of benzene rings is 2. The van der Waals surface area contributed by atoms with Crippen LogP contribution in [0.4, 0.5) is 14.5 Å². The van der Waals surface area contributed by atoms with E-state index in [2.05, 4.69) is 10.4 Å². The average molecular weight is 387 g/mol. The van der Waals surface area contributed by atoms with Crippen molar-refractivity contribution in [2.24, 2.45) is 0 Å². The first-order valence-corrected chi connectivity index (χ1v) is 8.02. The maximum Gasteiger partial charge on any atom is 0.280 e. The number of rotatable bonds is 5. The molecule has 9 heteroatoms. The zero-order chi connectivity index (χ0) is 20.3. The first kappa shape index (κ1) is 19.0. The molecule has 0 bridgehead atoms. The van der Waals surface area contributed by atoms with Crippen LogP contribution in [0.25, 0.3) is 5.69 Å². The normalized spacial score (nSPS) is 10.4. The van der Waals surface area contributed by atoms with Gasteiger partial charge in [-0.3, -0.25) is 9.59 Å². The van der Waals surface area contributed by atoms with E-state index in [1.54, 1.807) is 0 Å². The average Bonchev–Trinajstić information content (AvgIpc) is 2.67. The summed E-state index contributed by atoms with van der Waals surface area (Å²) in [4.78, 5) is 24.8. The third-order valence-electron chi connectivity index (χ3n) is 3.78. The molecule has 1 amide bonds. The maximum absolute atomic E-state index is 13.8. The van der Waals surface area contributed by atoms with Gasteiger partial charge in [-0.15, -0.1) is 0 Å². The van der Waals surface area contributed by atoms with Crippen molar-refractivity contribution in [2.45, 2.75) is 0 Å². The largest absolute Gasteiger partial charge is 0.494 e. The minimum atomic E-state index is -0.859. The maximum atomic E-state index is 13.8. The quantitative estimate of drug-likeness (QED) is 0.728. The van der Waals surface area contributed by atoms with Crippen molar-refractivity contribution in [3.05, 3.63) is 76.1 Å². The van der Waals surface area contributed by atoms with Crippen LogP contribution in [0.15, 0.2) is 53.3 Å². The van der Waals surface area contributed by atoms with Gasteiger partial charge in [-0.1, -0.05) is 6.07 Å². The summed E-state index contributed by atoms with van der Waals surface area (Å²) >= 11 is 0. The van der Waals surface area contributed by atoms with Crippen molar-refractivity contribution < 1.29 is 23.0 Å². The number of carbonyl (C=O) groups is 1. The Labute approximate surface area is 158 Å². The third kappa shape index (κ3) is 3.83. The van der Waals surface area contributed by atoms with E-state index in [-0.39, 0.29) is 23.0 Å². The molecular formula is C19H15F2N3O4. The van der Waals surface area contributed by atoms with Crippen LogP contribution in [0.3, 0.4) is 0 Å². The summed E-state index contributed by atoms with van der Waals surface area (Å²) in [6.45, 7) is 0. The Morgan fingerprint density at radius 2 is 1.86 bits per heavy atom. The summed E-state index contributed by atoms with van der Waals surface area (Å²) in [5.74, 6) is -2.04. The highest BCUT2D eigenvalue weighted by Gasteiger charge is 2.18. The summed E-state index contributed by atoms with van der Waals surface area (Å²) < 4.78 is 38.4. The molecular weight excluding hydrogens is 372 g/mol. The highest BCUT2D eigenvalue weighted by molar-refractivity contribution is 6.02. The van der Waals surface area contributed by atoms with Gasteiger partial charge in [-0.25, -0.2) is 13.5 Å². The van der Waals surface area contributed by atoms with Crippen LogP contribution in [0.1, 0.15) is 10.5 Å². The van der Waals surface area contributed by atoms with E-state index in [9.17, 15) is 18.4 Å². The molecule has 1 N–H and O–H groups in total. The van der Waals surface area contributed by atoms with Gasteiger partial charge in [-0.2, -0.15) is 5.10 Å². The van der Waals surface area contributed by atoms with Gasteiger partial charge < -0.3 is 14.8 Å². The molecule has 1 aromatic heterocycles. The smallest absolute Gasteiger partial charge is 0.280 e. The topological polar surface area (TPSA) is 82.4 Å². The molecule has 144 valence electrons. The number of hydrogen-bond donors (Lipinski definition) is 1. The summed E-state index contributed by atoms with van der Waals surface area (Å²) in [6, 6.07) is 10.2. The summed E-state index contributed by atoms with van der Waals surface area (Å²) in [5.41, 5.74) is -0.823. The van der Waals surface area contributed by atoms with Gasteiger partial charge in [0.2, 0.25) is 11.3 Å². The van der Waals surface area contributed by atoms with E-state index >= 15 is 0 Å². The molecule has 0 radical (unpaired) electrons. The van der Waals surface area contributed by atoms with Crippen molar-refractivity contribution in [3.8, 4) is 17.3 Å².